The molecule has 112 heavy (non-hydrogen) atoms. The van der Waals surface area contributed by atoms with Gasteiger partial charge in [0.2, 0.25) is 0 Å². The molecule has 12 aromatic carbocycles. The third-order valence-corrected chi connectivity index (χ3v) is 17.8. The van der Waals surface area contributed by atoms with Gasteiger partial charge < -0.3 is 39.0 Å². The molecule has 0 heterocycles. The number of carbonyl (C=O) groups is 8. The number of ether oxygens (including phenoxy) is 4. The van der Waals surface area contributed by atoms with Crippen molar-refractivity contribution in [1.82, 2.24) is 0 Å². The molecule has 0 aromatic heterocycles. The van der Waals surface area contributed by atoms with Crippen LogP contribution >= 0.6 is 0 Å². The van der Waals surface area contributed by atoms with Crippen LogP contribution in [0.25, 0.3) is 0 Å². The Balaban J connectivity index is 0.000000172. The van der Waals surface area contributed by atoms with Crippen LogP contribution in [0.15, 0.2) is 315 Å². The standard InChI is InChI=1S/C26H27NO3.C25H25NO3.C24H23NO3.C21H17NO3/c1-18-16-21(26(2,3)4)17-22(27(5)24(28)19-12-8-6-9-13-19)23(18)30-25(29)20-14-10-7-11-15-20;1-25(2,3)20-15-16-22(29-24(28)19-13-9-6-10-14-19)21(17-20)26(4)23(27)18-11-7-5-8-12-18;1-24(2,3)19-14-15-21(28-23(27)18-12-8-5-9-13-18)20(16-19)25-22(26)17-10-6-4-7-11-17;1-22(20(23)16-10-4-2-5-11-16)18-14-8-9-15-19(18)25-21(24)17-12-6-3-7-13-17/h6-17H,1-5H3;5-17H,1-4H3;4-16H,1-3H3,(H,25,26);2-15H,1H3. The summed E-state index contributed by atoms with van der Waals surface area (Å²) in [6, 6.07) is 93.1. The molecule has 0 atom stereocenters. The van der Waals surface area contributed by atoms with E-state index in [0.717, 1.165) is 22.3 Å². The van der Waals surface area contributed by atoms with Crippen molar-refractivity contribution >= 4 is 70.3 Å². The lowest BCUT2D eigenvalue weighted by atomic mass is 9.85. The Labute approximate surface area is 655 Å². The predicted octanol–water partition coefficient (Wildman–Crippen LogP) is 20.9. The second-order valence-corrected chi connectivity index (χ2v) is 29.3. The van der Waals surface area contributed by atoms with Crippen LogP contribution in [0.5, 0.6) is 23.0 Å². The summed E-state index contributed by atoms with van der Waals surface area (Å²) in [5.41, 5.74) is 9.72. The number of anilines is 4. The lowest BCUT2D eigenvalue weighted by Crippen LogP contribution is -2.28. The zero-order valence-electron chi connectivity index (χ0n) is 65.3. The number of para-hydroxylation sites is 2. The molecule has 0 saturated carbocycles. The summed E-state index contributed by atoms with van der Waals surface area (Å²) in [7, 11) is 5.05. The highest BCUT2D eigenvalue weighted by Crippen LogP contribution is 2.40. The summed E-state index contributed by atoms with van der Waals surface area (Å²) in [6.45, 7) is 20.8. The monoisotopic (exact) mass is 1490 g/mol. The molecule has 0 fully saturated rings. The van der Waals surface area contributed by atoms with E-state index in [1.165, 1.54) is 9.80 Å². The molecule has 0 aliphatic heterocycles. The second kappa shape index (κ2) is 38.0. The zero-order chi connectivity index (χ0) is 80.7. The smallest absolute Gasteiger partial charge is 0.343 e. The SMILES string of the molecule is CC(C)(C)c1ccc(OC(=O)c2ccccc2)c(NC(=O)c2ccccc2)c1.CN(C(=O)c1ccccc1)c1cc(C(C)(C)C)ccc1OC(=O)c1ccccc1.CN(C(=O)c1ccccc1)c1ccccc1OC(=O)c1ccccc1.Cc1cc(C(C)(C)C)cc(N(C)C(=O)c2ccccc2)c1OC(=O)c1ccccc1. The van der Waals surface area contributed by atoms with Crippen molar-refractivity contribution in [2.75, 3.05) is 41.2 Å². The Morgan fingerprint density at radius 3 is 0.920 bits per heavy atom. The summed E-state index contributed by atoms with van der Waals surface area (Å²) in [5.74, 6) is -1.25. The first kappa shape index (κ1) is 82.5. The maximum Gasteiger partial charge on any atom is 0.343 e. The number of hydrogen-bond donors (Lipinski definition) is 1. The van der Waals surface area contributed by atoms with Crippen molar-refractivity contribution < 1.29 is 57.3 Å². The number of carbonyl (C=O) groups excluding carboxylic acids is 8. The number of amides is 4. The minimum Gasteiger partial charge on any atom is -0.421 e. The topological polar surface area (TPSA) is 195 Å². The van der Waals surface area contributed by atoms with Gasteiger partial charge in [0.15, 0.2) is 23.0 Å². The van der Waals surface area contributed by atoms with Crippen molar-refractivity contribution in [1.29, 1.82) is 0 Å². The van der Waals surface area contributed by atoms with Crippen LogP contribution in [-0.4, -0.2) is 68.6 Å². The first-order chi connectivity index (χ1) is 53.5. The van der Waals surface area contributed by atoms with Crippen LogP contribution in [-0.2, 0) is 16.2 Å². The first-order valence-electron chi connectivity index (χ1n) is 36.4. The largest absolute Gasteiger partial charge is 0.421 e. The molecule has 16 nitrogen and oxygen atoms in total. The van der Waals surface area contributed by atoms with Crippen LogP contribution in [0.1, 0.15) is 167 Å². The van der Waals surface area contributed by atoms with Crippen LogP contribution in [0, 0.1) is 6.92 Å². The zero-order valence-corrected chi connectivity index (χ0v) is 65.3. The van der Waals surface area contributed by atoms with E-state index in [2.05, 4.69) is 67.6 Å². The van der Waals surface area contributed by atoms with Crippen LogP contribution in [0.2, 0.25) is 0 Å². The van der Waals surface area contributed by atoms with Crippen molar-refractivity contribution in [3.8, 4) is 23.0 Å². The van der Waals surface area contributed by atoms with E-state index in [4.69, 9.17) is 18.9 Å². The molecule has 12 rings (SSSR count). The average molecular weight is 1490 g/mol. The van der Waals surface area contributed by atoms with Crippen LogP contribution in [0.3, 0.4) is 0 Å². The summed E-state index contributed by atoms with van der Waals surface area (Å²) in [5, 5.41) is 2.88. The molecule has 12 aromatic rings. The Morgan fingerprint density at radius 2 is 0.545 bits per heavy atom. The lowest BCUT2D eigenvalue weighted by Gasteiger charge is -2.26. The fourth-order valence-corrected chi connectivity index (χ4v) is 11.3. The van der Waals surface area contributed by atoms with E-state index >= 15 is 0 Å². The van der Waals surface area contributed by atoms with E-state index in [-0.39, 0.29) is 39.9 Å². The van der Waals surface area contributed by atoms with Gasteiger partial charge in [0.25, 0.3) is 23.6 Å². The fourth-order valence-electron chi connectivity index (χ4n) is 11.3. The molecule has 0 spiro atoms. The fraction of sp³-hybridized carbons (Fsp3) is 0.167. The van der Waals surface area contributed by atoms with E-state index < -0.39 is 23.9 Å². The van der Waals surface area contributed by atoms with Gasteiger partial charge in [-0.3, -0.25) is 19.2 Å². The second-order valence-electron chi connectivity index (χ2n) is 29.3. The molecule has 0 radical (unpaired) electrons. The van der Waals surface area contributed by atoms with Crippen molar-refractivity contribution in [3.05, 3.63) is 382 Å². The molecule has 4 amide bonds. The number of rotatable bonds is 16. The third-order valence-electron chi connectivity index (χ3n) is 17.8. The molecule has 0 unspecified atom stereocenters. The Bertz CT molecular complexity index is 5220. The minimum atomic E-state index is -0.473. The van der Waals surface area contributed by atoms with Crippen molar-refractivity contribution in [3.63, 3.8) is 0 Å². The summed E-state index contributed by atoms with van der Waals surface area (Å²) in [4.78, 5) is 106. The number of aryl methyl sites for hydroxylation is 1. The predicted molar refractivity (Wildman–Crippen MR) is 444 cm³/mol. The highest BCUT2D eigenvalue weighted by atomic mass is 16.5. The molecule has 0 aliphatic rings. The van der Waals surface area contributed by atoms with E-state index in [0.29, 0.717) is 90.3 Å². The molecule has 16 heteroatoms. The van der Waals surface area contributed by atoms with Gasteiger partial charge in [-0.1, -0.05) is 238 Å². The Kier molecular flexibility index (Phi) is 28.0. The minimum absolute atomic E-state index is 0.117. The molecular weight excluding hydrogens is 1400 g/mol. The number of hydrogen-bond acceptors (Lipinski definition) is 12. The van der Waals surface area contributed by atoms with Crippen LogP contribution < -0.4 is 39.0 Å². The van der Waals surface area contributed by atoms with Gasteiger partial charge in [-0.2, -0.15) is 0 Å². The molecule has 0 aliphatic carbocycles. The normalized spacial score (nSPS) is 10.8. The number of esters is 4. The first-order valence-corrected chi connectivity index (χ1v) is 36.4. The summed E-state index contributed by atoms with van der Waals surface area (Å²) in [6.07, 6.45) is 0. The molecule has 1 N–H and O–H groups in total. The third kappa shape index (κ3) is 22.5. The van der Waals surface area contributed by atoms with Gasteiger partial charge in [0.1, 0.15) is 0 Å². The molecule has 0 bridgehead atoms. The van der Waals surface area contributed by atoms with Gasteiger partial charge in [-0.15, -0.1) is 0 Å². The van der Waals surface area contributed by atoms with E-state index in [9.17, 15) is 38.4 Å². The molecule has 568 valence electrons. The number of nitrogens with one attached hydrogen (secondary N) is 1. The average Bonchev–Trinajstić information content (AvgIpc) is 0.791. The van der Waals surface area contributed by atoms with Gasteiger partial charge in [-0.05, 0) is 185 Å². The summed E-state index contributed by atoms with van der Waals surface area (Å²) >= 11 is 0. The molecule has 0 saturated heterocycles. The maximum atomic E-state index is 13.1. The van der Waals surface area contributed by atoms with Gasteiger partial charge in [0, 0.05) is 43.4 Å². The maximum absolute atomic E-state index is 13.1. The van der Waals surface area contributed by atoms with Gasteiger partial charge in [0.05, 0.1) is 45.0 Å². The highest BCUT2D eigenvalue weighted by Gasteiger charge is 2.28. The summed E-state index contributed by atoms with van der Waals surface area (Å²) < 4.78 is 22.6. The highest BCUT2D eigenvalue weighted by molar-refractivity contribution is 6.09. The van der Waals surface area contributed by atoms with Crippen LogP contribution in [0.4, 0.5) is 22.7 Å². The lowest BCUT2D eigenvalue weighted by molar-refractivity contribution is 0.0724. The Morgan fingerprint density at radius 1 is 0.268 bits per heavy atom. The van der Waals surface area contributed by atoms with E-state index in [1.807, 2.05) is 128 Å². The van der Waals surface area contributed by atoms with E-state index in [1.54, 1.807) is 220 Å². The number of nitrogens with zero attached hydrogens (tertiary/aromatic N) is 3. The molecular formula is C96H92N4O12. The number of benzene rings is 12. The quantitative estimate of drug-likeness (QED) is 0.0711. The van der Waals surface area contributed by atoms with Crippen molar-refractivity contribution in [2.45, 2.75) is 85.5 Å². The van der Waals surface area contributed by atoms with Crippen molar-refractivity contribution in [2.24, 2.45) is 0 Å². The van der Waals surface area contributed by atoms with Gasteiger partial charge >= 0.3 is 23.9 Å². The van der Waals surface area contributed by atoms with Gasteiger partial charge in [-0.25, -0.2) is 19.2 Å². The Hall–Kier alpha value is -13.6.